The van der Waals surface area contributed by atoms with Gasteiger partial charge in [0, 0.05) is 22.8 Å². The van der Waals surface area contributed by atoms with Gasteiger partial charge in [0.05, 0.1) is 18.0 Å². The van der Waals surface area contributed by atoms with Gasteiger partial charge in [-0.2, -0.15) is 4.99 Å². The minimum Gasteiger partial charge on any atom is -0.465 e. The van der Waals surface area contributed by atoms with Crippen LogP contribution < -0.4 is 5.73 Å². The highest BCUT2D eigenvalue weighted by molar-refractivity contribution is 9.10. The molecule has 0 aromatic heterocycles. The average molecular weight is 352 g/mol. The van der Waals surface area contributed by atoms with Gasteiger partial charge in [0.1, 0.15) is 0 Å². The van der Waals surface area contributed by atoms with Gasteiger partial charge in [-0.3, -0.25) is 4.90 Å². The fraction of sp³-hybridized carbons (Fsp3) is 0.438. The molecule has 2 N–H and O–H groups in total. The number of nitrogens with two attached hydrogens (primary N) is 1. The van der Waals surface area contributed by atoms with Crippen molar-refractivity contribution in [2.45, 2.75) is 33.1 Å². The number of aliphatic imine (C=N–C) groups is 1. The van der Waals surface area contributed by atoms with Gasteiger partial charge < -0.3 is 10.5 Å². The van der Waals surface area contributed by atoms with Gasteiger partial charge in [-0.15, -0.1) is 0 Å². The number of fused-ring (bicyclic) bond motifs is 1. The van der Waals surface area contributed by atoms with Gasteiger partial charge in [0.2, 0.25) is 0 Å². The normalized spacial score (nSPS) is 15.9. The first kappa shape index (κ1) is 15.9. The van der Waals surface area contributed by atoms with Crippen LogP contribution in [-0.4, -0.2) is 24.1 Å². The maximum absolute atomic E-state index is 5.88. The Morgan fingerprint density at radius 3 is 2.81 bits per heavy atom. The molecule has 1 aromatic carbocycles. The predicted molar refractivity (Wildman–Crippen MR) is 91.3 cm³/mol. The number of amidine groups is 1. The molecule has 114 valence electrons. The molecule has 1 aliphatic rings. The number of halogens is 1. The molecule has 0 unspecified atom stereocenters. The fourth-order valence-electron chi connectivity index (χ4n) is 2.26. The molecule has 1 heterocycles. The predicted octanol–water partition coefficient (Wildman–Crippen LogP) is 4.24. The van der Waals surface area contributed by atoms with Gasteiger partial charge in [-0.05, 0) is 31.0 Å². The molecule has 0 saturated heterocycles. The molecule has 2 rings (SSSR count). The summed E-state index contributed by atoms with van der Waals surface area (Å²) in [5, 5.41) is 0. The van der Waals surface area contributed by atoms with Gasteiger partial charge in [-0.25, -0.2) is 0 Å². The summed E-state index contributed by atoms with van der Waals surface area (Å²) in [5.74, 6) is 0. The number of nitrogens with zero attached hydrogens (tertiary/aromatic N) is 2. The minimum absolute atomic E-state index is 0.650. The van der Waals surface area contributed by atoms with Crippen molar-refractivity contribution in [3.63, 3.8) is 0 Å². The van der Waals surface area contributed by atoms with Crippen LogP contribution in [0.5, 0.6) is 0 Å². The lowest BCUT2D eigenvalue weighted by molar-refractivity contribution is 0.251. The van der Waals surface area contributed by atoms with E-state index in [4.69, 9.17) is 10.5 Å². The Bertz CT molecular complexity index is 554. The second kappa shape index (κ2) is 7.50. The monoisotopic (exact) mass is 351 g/mol. The first-order chi connectivity index (χ1) is 10.2. The highest BCUT2D eigenvalue weighted by atomic mass is 79.9. The Morgan fingerprint density at radius 2 is 2.14 bits per heavy atom. The third kappa shape index (κ3) is 3.59. The molecule has 0 fully saturated rings. The number of unbranched alkanes of at least 4 members (excludes halogenated alkanes) is 1. The van der Waals surface area contributed by atoms with Gasteiger partial charge in [-0.1, -0.05) is 36.2 Å². The van der Waals surface area contributed by atoms with E-state index in [1.165, 1.54) is 0 Å². The molecule has 5 heteroatoms. The van der Waals surface area contributed by atoms with Crippen LogP contribution in [-0.2, 0) is 4.74 Å². The molecule has 0 aliphatic carbocycles. The molecule has 0 atom stereocenters. The Balaban J connectivity index is 2.38. The van der Waals surface area contributed by atoms with Crippen LogP contribution in [0, 0.1) is 0 Å². The van der Waals surface area contributed by atoms with Crippen molar-refractivity contribution in [3.05, 3.63) is 34.4 Å². The van der Waals surface area contributed by atoms with Crippen LogP contribution in [0.2, 0.25) is 0 Å². The van der Waals surface area contributed by atoms with Crippen LogP contribution >= 0.6 is 15.9 Å². The van der Waals surface area contributed by atoms with Crippen molar-refractivity contribution >= 4 is 33.3 Å². The van der Waals surface area contributed by atoms with Crippen molar-refractivity contribution < 1.29 is 4.74 Å². The Kier molecular flexibility index (Phi) is 5.67. The third-order valence-corrected chi connectivity index (χ3v) is 3.80. The van der Waals surface area contributed by atoms with Crippen molar-refractivity contribution in [1.82, 2.24) is 4.90 Å². The van der Waals surface area contributed by atoms with Crippen LogP contribution in [0.25, 0.3) is 5.70 Å². The zero-order valence-electron chi connectivity index (χ0n) is 12.6. The molecule has 0 saturated carbocycles. The van der Waals surface area contributed by atoms with E-state index < -0.39 is 0 Å². The smallest absolute Gasteiger partial charge is 0.297 e. The Hall–Kier alpha value is -1.49. The molecule has 0 spiro atoms. The first-order valence-electron chi connectivity index (χ1n) is 7.42. The van der Waals surface area contributed by atoms with E-state index in [0.29, 0.717) is 12.6 Å². The maximum atomic E-state index is 5.88. The van der Waals surface area contributed by atoms with E-state index in [1.807, 2.05) is 18.2 Å². The summed E-state index contributed by atoms with van der Waals surface area (Å²) in [7, 11) is 0. The fourth-order valence-corrected chi connectivity index (χ4v) is 2.62. The van der Waals surface area contributed by atoms with Crippen LogP contribution in [0.4, 0.5) is 5.69 Å². The van der Waals surface area contributed by atoms with E-state index in [-0.39, 0.29) is 0 Å². The van der Waals surface area contributed by atoms with Crippen LogP contribution in [0.3, 0.4) is 0 Å². The van der Waals surface area contributed by atoms with E-state index >= 15 is 0 Å². The second-order valence-corrected chi connectivity index (χ2v) is 5.88. The molecule has 0 amide bonds. The standard InChI is InChI=1S/C16H22BrN3O/c1-3-5-9-21-16-19-14-7-6-12(17)10-13(14)15(11-18)20(16)8-4-2/h6-7,10-11H,3-5,8-9,18H2,1-2H3/b15-11+. The summed E-state index contributed by atoms with van der Waals surface area (Å²) in [6.45, 7) is 5.79. The Morgan fingerprint density at radius 1 is 1.33 bits per heavy atom. The topological polar surface area (TPSA) is 50.9 Å². The lowest BCUT2D eigenvalue weighted by Crippen LogP contribution is -2.35. The molecular weight excluding hydrogens is 330 g/mol. The van der Waals surface area contributed by atoms with Gasteiger partial charge >= 0.3 is 0 Å². The molecular formula is C16H22BrN3O. The van der Waals surface area contributed by atoms with Gasteiger partial charge in [0.15, 0.2) is 0 Å². The van der Waals surface area contributed by atoms with E-state index in [0.717, 1.165) is 47.2 Å². The zero-order chi connectivity index (χ0) is 15.2. The number of hydrogen-bond acceptors (Lipinski definition) is 4. The number of benzene rings is 1. The lowest BCUT2D eigenvalue weighted by atomic mass is 10.1. The second-order valence-electron chi connectivity index (χ2n) is 4.96. The highest BCUT2D eigenvalue weighted by Gasteiger charge is 2.25. The van der Waals surface area contributed by atoms with Gasteiger partial charge in [0.25, 0.3) is 6.02 Å². The highest BCUT2D eigenvalue weighted by Crippen LogP contribution is 2.35. The third-order valence-electron chi connectivity index (χ3n) is 3.31. The van der Waals surface area contributed by atoms with E-state index in [2.05, 4.69) is 39.7 Å². The van der Waals surface area contributed by atoms with Crippen molar-refractivity contribution in [2.75, 3.05) is 13.2 Å². The van der Waals surface area contributed by atoms with E-state index in [1.54, 1.807) is 6.20 Å². The number of rotatable bonds is 5. The van der Waals surface area contributed by atoms with Crippen molar-refractivity contribution in [1.29, 1.82) is 0 Å². The molecule has 21 heavy (non-hydrogen) atoms. The average Bonchev–Trinajstić information content (AvgIpc) is 2.48. The SMILES string of the molecule is CCCCOC1=Nc2ccc(Br)cc2/C(=C\N)N1CCC. The minimum atomic E-state index is 0.650. The molecule has 4 nitrogen and oxygen atoms in total. The zero-order valence-corrected chi connectivity index (χ0v) is 14.2. The summed E-state index contributed by atoms with van der Waals surface area (Å²) in [6, 6.07) is 6.66. The maximum Gasteiger partial charge on any atom is 0.297 e. The van der Waals surface area contributed by atoms with Crippen LogP contribution in [0.1, 0.15) is 38.7 Å². The van der Waals surface area contributed by atoms with Crippen molar-refractivity contribution in [2.24, 2.45) is 10.7 Å². The summed E-state index contributed by atoms with van der Waals surface area (Å²) >= 11 is 3.51. The molecule has 0 radical (unpaired) electrons. The Labute approximate surface area is 134 Å². The molecule has 1 aromatic rings. The first-order valence-corrected chi connectivity index (χ1v) is 8.21. The van der Waals surface area contributed by atoms with E-state index in [9.17, 15) is 0 Å². The van der Waals surface area contributed by atoms with Crippen molar-refractivity contribution in [3.8, 4) is 0 Å². The molecule has 1 aliphatic heterocycles. The quantitative estimate of drug-likeness (QED) is 0.807. The summed E-state index contributed by atoms with van der Waals surface area (Å²) in [5.41, 5.74) is 8.76. The summed E-state index contributed by atoms with van der Waals surface area (Å²) in [6.07, 6.45) is 4.76. The molecule has 0 bridgehead atoms. The largest absolute Gasteiger partial charge is 0.465 e. The number of hydrogen-bond donors (Lipinski definition) is 1. The lowest BCUT2D eigenvalue weighted by Gasteiger charge is -2.31. The summed E-state index contributed by atoms with van der Waals surface area (Å²) < 4.78 is 6.89. The summed E-state index contributed by atoms with van der Waals surface area (Å²) in [4.78, 5) is 6.72. The van der Waals surface area contributed by atoms with Crippen LogP contribution in [0.15, 0.2) is 33.9 Å². The number of ether oxygens (including phenoxy) is 1.